The molecule has 2 atom stereocenters. The Balaban J connectivity index is 2.18. The molecule has 3 nitrogen and oxygen atoms in total. The summed E-state index contributed by atoms with van der Waals surface area (Å²) in [5.74, 6) is -0.0734. The number of Topliss-reactive ketones (excluding diaryl/α,β-unsaturated/α-hetero) is 1. The van der Waals surface area contributed by atoms with E-state index in [0.29, 0.717) is 16.7 Å². The summed E-state index contributed by atoms with van der Waals surface area (Å²) < 4.78 is 0. The average Bonchev–Trinajstić information content (AvgIpc) is 2.60. The van der Waals surface area contributed by atoms with E-state index in [9.17, 15) is 4.79 Å². The van der Waals surface area contributed by atoms with Crippen LogP contribution in [-0.4, -0.2) is 10.6 Å². The molecule has 0 heterocycles. The largest absolute Gasteiger partial charge is 0.293 e. The summed E-state index contributed by atoms with van der Waals surface area (Å²) in [6, 6.07) is 17.7. The predicted molar refractivity (Wildman–Crippen MR) is 91.0 cm³/mol. The molecule has 0 N–H and O–H groups in total. The zero-order chi connectivity index (χ0) is 16.1. The molecular formula is C17H10Br2N2O. The Morgan fingerprint density at radius 1 is 0.864 bits per heavy atom. The van der Waals surface area contributed by atoms with Crippen LogP contribution in [0, 0.1) is 22.7 Å². The van der Waals surface area contributed by atoms with Crippen LogP contribution in [-0.2, 0) is 0 Å². The summed E-state index contributed by atoms with van der Waals surface area (Å²) in [5, 5.41) is 17.6. The molecule has 0 aromatic heterocycles. The second-order valence-electron chi connectivity index (χ2n) is 4.59. The number of rotatable bonds is 4. The van der Waals surface area contributed by atoms with Crippen LogP contribution >= 0.6 is 31.9 Å². The molecule has 0 aliphatic heterocycles. The van der Waals surface area contributed by atoms with Crippen molar-refractivity contribution < 1.29 is 4.79 Å². The molecule has 0 fully saturated rings. The molecule has 0 aliphatic rings. The van der Waals surface area contributed by atoms with Crippen molar-refractivity contribution in [2.75, 3.05) is 0 Å². The van der Waals surface area contributed by atoms with Gasteiger partial charge in [-0.15, -0.1) is 0 Å². The van der Waals surface area contributed by atoms with Crippen LogP contribution in [0.25, 0.3) is 0 Å². The van der Waals surface area contributed by atoms with Crippen molar-refractivity contribution in [3.05, 3.63) is 70.8 Å². The minimum absolute atomic E-state index is 0.0734. The second-order valence-corrected chi connectivity index (χ2v) is 6.56. The zero-order valence-corrected chi connectivity index (χ0v) is 14.5. The predicted octanol–water partition coefficient (Wildman–Crippen LogP) is 4.51. The molecule has 0 bridgehead atoms. The van der Waals surface area contributed by atoms with Gasteiger partial charge in [0.2, 0.25) is 0 Å². The Bertz CT molecular complexity index is 755. The van der Waals surface area contributed by atoms with Gasteiger partial charge in [0.05, 0.1) is 32.9 Å². The lowest BCUT2D eigenvalue weighted by Gasteiger charge is -2.16. The van der Waals surface area contributed by atoms with E-state index in [1.807, 2.05) is 18.2 Å². The van der Waals surface area contributed by atoms with E-state index >= 15 is 0 Å². The summed E-state index contributed by atoms with van der Waals surface area (Å²) in [6.45, 7) is 0. The van der Waals surface area contributed by atoms with Crippen molar-refractivity contribution >= 4 is 37.6 Å². The first-order valence-electron chi connectivity index (χ1n) is 6.39. The van der Waals surface area contributed by atoms with Gasteiger partial charge in [0, 0.05) is 5.56 Å². The maximum atomic E-state index is 12.5. The first-order chi connectivity index (χ1) is 10.6. The van der Waals surface area contributed by atoms with E-state index < -0.39 is 4.83 Å². The standard InChI is InChI=1S/C17H10Br2N2O/c18-15(13-5-1-11(9-20)2-6-13)16(19)17(22)14-7-3-12(10-21)4-8-14/h1-8,15-16H/t15-,16+/m1/s1. The minimum Gasteiger partial charge on any atom is -0.293 e. The van der Waals surface area contributed by atoms with E-state index in [4.69, 9.17) is 10.5 Å². The molecule has 0 aliphatic carbocycles. The fourth-order valence-corrected chi connectivity index (χ4v) is 3.03. The lowest BCUT2D eigenvalue weighted by Crippen LogP contribution is -2.19. The van der Waals surface area contributed by atoms with Gasteiger partial charge in [-0.25, -0.2) is 0 Å². The maximum Gasteiger partial charge on any atom is 0.177 e. The second kappa shape index (κ2) is 7.35. The number of hydrogen-bond donors (Lipinski definition) is 0. The SMILES string of the molecule is N#Cc1ccc(C(=O)[C@@H](Br)[C@H](Br)c2ccc(C#N)cc2)cc1. The monoisotopic (exact) mass is 416 g/mol. The molecule has 0 unspecified atom stereocenters. The van der Waals surface area contributed by atoms with Crippen LogP contribution in [0.2, 0.25) is 0 Å². The van der Waals surface area contributed by atoms with Crippen molar-refractivity contribution in [2.24, 2.45) is 0 Å². The van der Waals surface area contributed by atoms with E-state index in [1.54, 1.807) is 36.4 Å². The van der Waals surface area contributed by atoms with E-state index in [0.717, 1.165) is 5.56 Å². The highest BCUT2D eigenvalue weighted by molar-refractivity contribution is 9.12. The highest BCUT2D eigenvalue weighted by Gasteiger charge is 2.26. The van der Waals surface area contributed by atoms with Crippen LogP contribution in [0.15, 0.2) is 48.5 Å². The van der Waals surface area contributed by atoms with Crippen molar-refractivity contribution in [1.82, 2.24) is 0 Å². The summed E-state index contributed by atoms with van der Waals surface area (Å²) in [4.78, 5) is 11.8. The van der Waals surface area contributed by atoms with Gasteiger partial charge in [0.15, 0.2) is 5.78 Å². The maximum absolute atomic E-state index is 12.5. The number of hydrogen-bond acceptors (Lipinski definition) is 3. The van der Waals surface area contributed by atoms with Crippen LogP contribution in [0.4, 0.5) is 0 Å². The Morgan fingerprint density at radius 3 is 1.77 bits per heavy atom. The Hall–Kier alpha value is -1.95. The summed E-state index contributed by atoms with van der Waals surface area (Å²) in [5.41, 5.74) is 2.54. The number of benzene rings is 2. The van der Waals surface area contributed by atoms with Gasteiger partial charge in [0.1, 0.15) is 0 Å². The van der Waals surface area contributed by atoms with Gasteiger partial charge in [0.25, 0.3) is 0 Å². The van der Waals surface area contributed by atoms with Crippen LogP contribution in [0.5, 0.6) is 0 Å². The number of halogens is 2. The van der Waals surface area contributed by atoms with Gasteiger partial charge in [-0.1, -0.05) is 56.1 Å². The lowest BCUT2D eigenvalue weighted by molar-refractivity contribution is 0.0991. The molecule has 0 radical (unpaired) electrons. The van der Waals surface area contributed by atoms with E-state index in [2.05, 4.69) is 37.9 Å². The highest BCUT2D eigenvalue weighted by atomic mass is 79.9. The third kappa shape index (κ3) is 3.62. The fourth-order valence-electron chi connectivity index (χ4n) is 1.91. The van der Waals surface area contributed by atoms with Crippen molar-refractivity contribution in [3.63, 3.8) is 0 Å². The normalized spacial score (nSPS) is 12.7. The molecule has 5 heteroatoms. The van der Waals surface area contributed by atoms with Gasteiger partial charge >= 0.3 is 0 Å². The number of nitriles is 2. The molecule has 108 valence electrons. The number of nitrogens with zero attached hydrogens (tertiary/aromatic N) is 2. The van der Waals surface area contributed by atoms with Crippen LogP contribution in [0.3, 0.4) is 0 Å². The number of carbonyl (C=O) groups is 1. The lowest BCUT2D eigenvalue weighted by atomic mass is 10.0. The van der Waals surface area contributed by atoms with Gasteiger partial charge in [-0.05, 0) is 29.8 Å². The number of alkyl halides is 2. The van der Waals surface area contributed by atoms with Crippen LogP contribution < -0.4 is 0 Å². The third-order valence-corrected chi connectivity index (χ3v) is 5.88. The summed E-state index contributed by atoms with van der Waals surface area (Å²) in [7, 11) is 0. The molecule has 2 rings (SSSR count). The van der Waals surface area contributed by atoms with Crippen molar-refractivity contribution in [3.8, 4) is 12.1 Å². The first kappa shape index (κ1) is 16.4. The van der Waals surface area contributed by atoms with Crippen molar-refractivity contribution in [1.29, 1.82) is 10.5 Å². The third-order valence-electron chi connectivity index (χ3n) is 3.16. The zero-order valence-electron chi connectivity index (χ0n) is 11.3. The molecule has 0 spiro atoms. The molecule has 2 aromatic rings. The minimum atomic E-state index is -0.451. The van der Waals surface area contributed by atoms with Crippen molar-refractivity contribution in [2.45, 2.75) is 9.65 Å². The van der Waals surface area contributed by atoms with Crippen LogP contribution in [0.1, 0.15) is 31.9 Å². The highest BCUT2D eigenvalue weighted by Crippen LogP contribution is 2.33. The molecule has 0 saturated heterocycles. The number of ketones is 1. The quantitative estimate of drug-likeness (QED) is 0.542. The van der Waals surface area contributed by atoms with Gasteiger partial charge in [-0.2, -0.15) is 10.5 Å². The fraction of sp³-hybridized carbons (Fsp3) is 0.118. The molecule has 2 aromatic carbocycles. The molecule has 0 amide bonds. The van der Waals surface area contributed by atoms with Gasteiger partial charge < -0.3 is 0 Å². The topological polar surface area (TPSA) is 64.7 Å². The van der Waals surface area contributed by atoms with E-state index in [1.165, 1.54) is 0 Å². The summed E-state index contributed by atoms with van der Waals surface area (Å²) >= 11 is 6.95. The Kier molecular flexibility index (Phi) is 5.49. The smallest absolute Gasteiger partial charge is 0.177 e. The average molecular weight is 418 g/mol. The molecule has 0 saturated carbocycles. The Morgan fingerprint density at radius 2 is 1.32 bits per heavy atom. The first-order valence-corrected chi connectivity index (χ1v) is 8.22. The van der Waals surface area contributed by atoms with E-state index in [-0.39, 0.29) is 10.6 Å². The molecule has 22 heavy (non-hydrogen) atoms. The number of carbonyl (C=O) groups excluding carboxylic acids is 1. The van der Waals surface area contributed by atoms with Gasteiger partial charge in [-0.3, -0.25) is 4.79 Å². The Labute approximate surface area is 145 Å². The molecular weight excluding hydrogens is 408 g/mol. The summed E-state index contributed by atoms with van der Waals surface area (Å²) in [6.07, 6.45) is 0.